The molecule has 0 saturated heterocycles. The number of nitrogens with one attached hydrogen (secondary N) is 1. The van der Waals surface area contributed by atoms with Crippen LogP contribution in [0.1, 0.15) is 22.3 Å². The fourth-order valence-corrected chi connectivity index (χ4v) is 2.58. The van der Waals surface area contributed by atoms with Crippen molar-refractivity contribution in [3.63, 3.8) is 0 Å². The summed E-state index contributed by atoms with van der Waals surface area (Å²) in [5.41, 5.74) is 4.35. The van der Waals surface area contributed by atoms with Gasteiger partial charge in [-0.05, 0) is 49.2 Å². The number of carbonyl (C=O) groups is 1. The molecule has 0 radical (unpaired) electrons. The molecule has 2 aromatic carbocycles. The van der Waals surface area contributed by atoms with Gasteiger partial charge in [-0.25, -0.2) is 4.99 Å². The SMILES string of the molecule is COc1ccc(/C=C2/N=C(c3ccc(C)c(C)c3)NC2=O)c(OC)c1. The Balaban J connectivity index is 1.97. The van der Waals surface area contributed by atoms with Crippen molar-refractivity contribution in [1.82, 2.24) is 5.32 Å². The molecule has 25 heavy (non-hydrogen) atoms. The molecule has 2 aromatic rings. The number of aliphatic imine (C=N–C) groups is 1. The highest BCUT2D eigenvalue weighted by Gasteiger charge is 2.22. The number of ether oxygens (including phenoxy) is 2. The Bertz CT molecular complexity index is 898. The Hall–Kier alpha value is -3.08. The Morgan fingerprint density at radius 1 is 1.00 bits per heavy atom. The lowest BCUT2D eigenvalue weighted by atomic mass is 10.1. The first-order valence-corrected chi connectivity index (χ1v) is 7.93. The quantitative estimate of drug-likeness (QED) is 0.872. The van der Waals surface area contributed by atoms with Crippen LogP contribution in [0.2, 0.25) is 0 Å². The van der Waals surface area contributed by atoms with E-state index >= 15 is 0 Å². The Morgan fingerprint density at radius 3 is 2.48 bits per heavy atom. The highest BCUT2D eigenvalue weighted by atomic mass is 16.5. The lowest BCUT2D eigenvalue weighted by Gasteiger charge is -2.07. The average Bonchev–Trinajstić information content (AvgIpc) is 2.98. The van der Waals surface area contributed by atoms with Gasteiger partial charge in [0.2, 0.25) is 0 Å². The van der Waals surface area contributed by atoms with Crippen LogP contribution in [0.5, 0.6) is 11.5 Å². The number of benzene rings is 2. The first-order chi connectivity index (χ1) is 12.0. The predicted octanol–water partition coefficient (Wildman–Crippen LogP) is 3.24. The van der Waals surface area contributed by atoms with Gasteiger partial charge in [-0.1, -0.05) is 12.1 Å². The van der Waals surface area contributed by atoms with Crippen LogP contribution < -0.4 is 14.8 Å². The highest BCUT2D eigenvalue weighted by Crippen LogP contribution is 2.27. The number of hydrogen-bond acceptors (Lipinski definition) is 4. The zero-order valence-electron chi connectivity index (χ0n) is 14.7. The zero-order chi connectivity index (χ0) is 18.0. The van der Waals surface area contributed by atoms with Gasteiger partial charge in [-0.15, -0.1) is 0 Å². The molecule has 0 spiro atoms. The molecule has 0 aromatic heterocycles. The molecule has 0 aliphatic carbocycles. The van der Waals surface area contributed by atoms with E-state index in [4.69, 9.17) is 9.47 Å². The molecule has 1 N–H and O–H groups in total. The molecule has 5 heteroatoms. The minimum Gasteiger partial charge on any atom is -0.497 e. The summed E-state index contributed by atoms with van der Waals surface area (Å²) in [5, 5.41) is 2.82. The smallest absolute Gasteiger partial charge is 0.275 e. The van der Waals surface area contributed by atoms with Crippen molar-refractivity contribution in [2.75, 3.05) is 14.2 Å². The number of aryl methyl sites for hydroxylation is 2. The van der Waals surface area contributed by atoms with Crippen molar-refractivity contribution < 1.29 is 14.3 Å². The van der Waals surface area contributed by atoms with E-state index in [0.29, 0.717) is 23.0 Å². The van der Waals surface area contributed by atoms with Crippen LogP contribution in [-0.4, -0.2) is 26.0 Å². The second kappa shape index (κ2) is 6.81. The van der Waals surface area contributed by atoms with Crippen LogP contribution in [0, 0.1) is 13.8 Å². The summed E-state index contributed by atoms with van der Waals surface area (Å²) in [6, 6.07) is 11.4. The van der Waals surface area contributed by atoms with Crippen molar-refractivity contribution in [2.24, 2.45) is 4.99 Å². The van der Waals surface area contributed by atoms with Crippen LogP contribution in [0.25, 0.3) is 6.08 Å². The molecule has 0 atom stereocenters. The van der Waals surface area contributed by atoms with Gasteiger partial charge in [0.05, 0.1) is 14.2 Å². The molecule has 1 aliphatic rings. The largest absolute Gasteiger partial charge is 0.497 e. The van der Waals surface area contributed by atoms with E-state index in [1.54, 1.807) is 26.4 Å². The van der Waals surface area contributed by atoms with E-state index in [1.165, 1.54) is 5.56 Å². The minimum atomic E-state index is -0.230. The van der Waals surface area contributed by atoms with Crippen molar-refractivity contribution in [3.8, 4) is 11.5 Å². The van der Waals surface area contributed by atoms with Crippen LogP contribution in [0.15, 0.2) is 47.1 Å². The van der Waals surface area contributed by atoms with E-state index in [-0.39, 0.29) is 5.91 Å². The first-order valence-electron chi connectivity index (χ1n) is 7.93. The molecule has 128 valence electrons. The van der Waals surface area contributed by atoms with Gasteiger partial charge in [0, 0.05) is 17.2 Å². The van der Waals surface area contributed by atoms with E-state index < -0.39 is 0 Å². The van der Waals surface area contributed by atoms with Crippen molar-refractivity contribution in [1.29, 1.82) is 0 Å². The molecular formula is C20H20N2O3. The maximum Gasteiger partial charge on any atom is 0.275 e. The summed E-state index contributed by atoms with van der Waals surface area (Å²) in [4.78, 5) is 16.7. The summed E-state index contributed by atoms with van der Waals surface area (Å²) < 4.78 is 10.6. The lowest BCUT2D eigenvalue weighted by Crippen LogP contribution is -2.24. The van der Waals surface area contributed by atoms with Crippen LogP contribution in [-0.2, 0) is 4.79 Å². The third-order valence-electron chi connectivity index (χ3n) is 4.21. The maximum atomic E-state index is 12.3. The second-order valence-electron chi connectivity index (χ2n) is 5.85. The standard InChI is InChI=1S/C20H20N2O3/c1-12-5-6-15(9-13(12)2)19-21-17(20(23)22-19)10-14-7-8-16(24-3)11-18(14)25-4/h5-11H,1-4H3,(H,21,22,23)/b17-10+. The molecule has 0 fully saturated rings. The normalized spacial score (nSPS) is 15.1. The van der Waals surface area contributed by atoms with E-state index in [2.05, 4.69) is 17.2 Å². The van der Waals surface area contributed by atoms with Gasteiger partial charge >= 0.3 is 0 Å². The molecule has 5 nitrogen and oxygen atoms in total. The summed E-state index contributed by atoms with van der Waals surface area (Å²) in [6.07, 6.45) is 1.71. The first kappa shape index (κ1) is 16.8. The Kier molecular flexibility index (Phi) is 4.57. The Labute approximate surface area is 147 Å². The van der Waals surface area contributed by atoms with E-state index in [9.17, 15) is 4.79 Å². The summed E-state index contributed by atoms with van der Waals surface area (Å²) in [7, 11) is 3.17. The fraction of sp³-hybridized carbons (Fsp3) is 0.200. The maximum absolute atomic E-state index is 12.3. The van der Waals surface area contributed by atoms with E-state index in [0.717, 1.165) is 16.7 Å². The average molecular weight is 336 g/mol. The number of hydrogen-bond donors (Lipinski definition) is 1. The molecule has 3 rings (SSSR count). The molecule has 1 heterocycles. The second-order valence-corrected chi connectivity index (χ2v) is 5.85. The van der Waals surface area contributed by atoms with Crippen LogP contribution in [0.3, 0.4) is 0 Å². The molecule has 0 unspecified atom stereocenters. The van der Waals surface area contributed by atoms with Gasteiger partial charge in [0.15, 0.2) is 0 Å². The molecule has 0 saturated carbocycles. The number of nitrogens with zero attached hydrogens (tertiary/aromatic N) is 1. The third-order valence-corrected chi connectivity index (χ3v) is 4.21. The van der Waals surface area contributed by atoms with Gasteiger partial charge in [-0.2, -0.15) is 0 Å². The zero-order valence-corrected chi connectivity index (χ0v) is 14.7. The van der Waals surface area contributed by atoms with Crippen molar-refractivity contribution in [3.05, 3.63) is 64.3 Å². The number of methoxy groups -OCH3 is 2. The van der Waals surface area contributed by atoms with Crippen LogP contribution >= 0.6 is 0 Å². The van der Waals surface area contributed by atoms with E-state index in [1.807, 2.05) is 37.3 Å². The minimum absolute atomic E-state index is 0.230. The number of carbonyl (C=O) groups excluding carboxylic acids is 1. The van der Waals surface area contributed by atoms with Crippen LogP contribution in [0.4, 0.5) is 0 Å². The molecule has 1 aliphatic heterocycles. The number of amidine groups is 1. The Morgan fingerprint density at radius 2 is 1.80 bits per heavy atom. The summed E-state index contributed by atoms with van der Waals surface area (Å²) in [5.74, 6) is 1.64. The predicted molar refractivity (Wildman–Crippen MR) is 98.1 cm³/mol. The number of amides is 1. The lowest BCUT2D eigenvalue weighted by molar-refractivity contribution is -0.115. The summed E-state index contributed by atoms with van der Waals surface area (Å²) >= 11 is 0. The van der Waals surface area contributed by atoms with Gasteiger partial charge in [0.1, 0.15) is 23.0 Å². The van der Waals surface area contributed by atoms with Gasteiger partial charge in [-0.3, -0.25) is 4.79 Å². The monoisotopic (exact) mass is 336 g/mol. The third kappa shape index (κ3) is 3.40. The van der Waals surface area contributed by atoms with Crippen molar-refractivity contribution >= 4 is 17.8 Å². The topological polar surface area (TPSA) is 59.9 Å². The van der Waals surface area contributed by atoms with Crippen molar-refractivity contribution in [2.45, 2.75) is 13.8 Å². The summed E-state index contributed by atoms with van der Waals surface area (Å²) in [6.45, 7) is 4.09. The molecular weight excluding hydrogens is 316 g/mol. The van der Waals surface area contributed by atoms with Gasteiger partial charge in [0.25, 0.3) is 5.91 Å². The molecule has 0 bridgehead atoms. The molecule has 1 amide bonds. The number of rotatable bonds is 4. The highest BCUT2D eigenvalue weighted by molar-refractivity contribution is 6.19. The fourth-order valence-electron chi connectivity index (χ4n) is 2.58. The van der Waals surface area contributed by atoms with Gasteiger partial charge < -0.3 is 14.8 Å².